The first-order valence-electron chi connectivity index (χ1n) is 10.5. The zero-order valence-corrected chi connectivity index (χ0v) is 16.3. The minimum atomic E-state index is 0.241. The second-order valence-electron chi connectivity index (χ2n) is 7.33. The van der Waals surface area contributed by atoms with Gasteiger partial charge in [0.25, 0.3) is 0 Å². The van der Waals surface area contributed by atoms with Crippen molar-refractivity contribution < 1.29 is 9.59 Å². The molecule has 1 N–H and O–H groups in total. The molecule has 3 nitrogen and oxygen atoms in total. The van der Waals surface area contributed by atoms with E-state index in [-0.39, 0.29) is 6.61 Å². The lowest BCUT2D eigenvalue weighted by atomic mass is 10.1. The third kappa shape index (κ3) is 7.94. The molecule has 0 amide bonds. The Labute approximate surface area is 150 Å². The summed E-state index contributed by atoms with van der Waals surface area (Å²) in [5, 5.41) is 9.45. The van der Waals surface area contributed by atoms with Gasteiger partial charge in [0.15, 0.2) is 0 Å². The summed E-state index contributed by atoms with van der Waals surface area (Å²) in [6.07, 6.45) is 21.4. The first-order chi connectivity index (χ1) is 11.8. The van der Waals surface area contributed by atoms with Crippen molar-refractivity contribution in [1.82, 2.24) is 0 Å². The normalized spacial score (nSPS) is 19.9. The summed E-state index contributed by atoms with van der Waals surface area (Å²) >= 11 is 0. The van der Waals surface area contributed by atoms with Gasteiger partial charge in [0.1, 0.15) is 12.7 Å². The van der Waals surface area contributed by atoms with Gasteiger partial charge in [0.2, 0.25) is 5.84 Å². The van der Waals surface area contributed by atoms with Crippen LogP contribution in [0, 0.1) is 0 Å². The van der Waals surface area contributed by atoms with E-state index in [4.69, 9.17) is 0 Å². The fourth-order valence-electron chi connectivity index (χ4n) is 3.64. The van der Waals surface area contributed by atoms with E-state index < -0.39 is 0 Å². The van der Waals surface area contributed by atoms with E-state index in [0.29, 0.717) is 0 Å². The Morgan fingerprint density at radius 1 is 0.792 bits per heavy atom. The molecule has 0 saturated heterocycles. The molecule has 140 valence electrons. The molecule has 0 bridgehead atoms. The molecule has 1 aliphatic heterocycles. The number of quaternary nitrogens is 1. The van der Waals surface area contributed by atoms with Crippen LogP contribution in [0.1, 0.15) is 97.3 Å². The summed E-state index contributed by atoms with van der Waals surface area (Å²) < 4.78 is 0.807. The molecule has 1 rings (SSSR count). The highest BCUT2D eigenvalue weighted by atomic mass is 16.3. The third-order valence-electron chi connectivity index (χ3n) is 5.25. The average Bonchev–Trinajstić information content (AvgIpc) is 2.98. The molecular weight excluding hydrogens is 296 g/mol. The summed E-state index contributed by atoms with van der Waals surface area (Å²) in [6, 6.07) is 0. The number of hydrogen-bond acceptors (Lipinski definition) is 2. The summed E-state index contributed by atoms with van der Waals surface area (Å²) in [4.78, 5) is 4.63. The first kappa shape index (κ1) is 21.4. The number of nitrogens with zero attached hydrogens (tertiary/aromatic N) is 2. The molecule has 0 saturated carbocycles. The number of unbranched alkanes of at least 4 members (excludes halogenated alkanes) is 10. The Hall–Kier alpha value is -0.670. The Kier molecular flexibility index (Phi) is 12.1. The van der Waals surface area contributed by atoms with Gasteiger partial charge < -0.3 is 5.11 Å². The van der Waals surface area contributed by atoms with Gasteiger partial charge in [-0.1, -0.05) is 78.1 Å². The fourth-order valence-corrected chi connectivity index (χ4v) is 3.64. The lowest BCUT2D eigenvalue weighted by molar-refractivity contribution is -0.788. The second-order valence-corrected chi connectivity index (χ2v) is 7.33. The summed E-state index contributed by atoms with van der Waals surface area (Å²) in [7, 11) is 0. The smallest absolute Gasteiger partial charge is 0.207 e. The maximum absolute atomic E-state index is 9.45. The number of aliphatic imine (C=N–C) groups is 1. The maximum Gasteiger partial charge on any atom is 0.207 e. The largest absolute Gasteiger partial charge is 0.390 e. The van der Waals surface area contributed by atoms with Gasteiger partial charge in [-0.15, -0.1) is 0 Å². The van der Waals surface area contributed by atoms with Crippen molar-refractivity contribution in [2.75, 3.05) is 19.7 Å². The molecule has 0 aromatic rings. The number of hydrogen-bond donors (Lipinski definition) is 1. The highest BCUT2D eigenvalue weighted by Gasteiger charge is 2.33. The van der Waals surface area contributed by atoms with Crippen LogP contribution in [0.3, 0.4) is 0 Å². The van der Waals surface area contributed by atoms with E-state index in [2.05, 4.69) is 25.0 Å². The highest BCUT2D eigenvalue weighted by molar-refractivity contribution is 5.78. The van der Waals surface area contributed by atoms with Gasteiger partial charge in [-0.05, 0) is 12.8 Å². The van der Waals surface area contributed by atoms with Crippen molar-refractivity contribution in [2.24, 2.45) is 4.99 Å². The lowest BCUT2D eigenvalue weighted by Crippen LogP contribution is -2.49. The predicted molar refractivity (Wildman–Crippen MR) is 105 cm³/mol. The summed E-state index contributed by atoms with van der Waals surface area (Å²) in [6.45, 7) is 6.62. The number of aliphatic hydroxyl groups excluding tert-OH is 1. The third-order valence-corrected chi connectivity index (χ3v) is 5.25. The molecule has 0 aromatic carbocycles. The number of aliphatic hydroxyl groups is 1. The molecule has 1 aliphatic rings. The van der Waals surface area contributed by atoms with Crippen LogP contribution in [0.5, 0.6) is 0 Å². The summed E-state index contributed by atoms with van der Waals surface area (Å²) in [5.74, 6) is 1.28. The van der Waals surface area contributed by atoms with E-state index in [1.54, 1.807) is 0 Å². The summed E-state index contributed by atoms with van der Waals surface area (Å²) in [5.41, 5.74) is 0. The van der Waals surface area contributed by atoms with E-state index in [1.165, 1.54) is 82.9 Å². The van der Waals surface area contributed by atoms with Gasteiger partial charge in [-0.25, -0.2) is 9.48 Å². The van der Waals surface area contributed by atoms with Crippen LogP contribution in [0.15, 0.2) is 17.4 Å². The van der Waals surface area contributed by atoms with Crippen LogP contribution in [0.4, 0.5) is 0 Å². The van der Waals surface area contributed by atoms with Crippen LogP contribution >= 0.6 is 0 Å². The number of rotatable bonds is 16. The van der Waals surface area contributed by atoms with Crippen LogP contribution in [-0.4, -0.2) is 35.1 Å². The van der Waals surface area contributed by atoms with E-state index in [1.807, 2.05) is 6.20 Å². The van der Waals surface area contributed by atoms with Crippen LogP contribution in [0.2, 0.25) is 0 Å². The molecule has 1 atom stereocenters. The van der Waals surface area contributed by atoms with Gasteiger partial charge in [0, 0.05) is 6.42 Å². The standard InChI is InChI=1S/C21H41N2O/c1-3-5-7-8-9-10-11-12-13-14-15-21-22-16-18-23(21,19-20-24)17-6-4-2/h16,18,24H,3-15,17,19-20H2,1-2H3/q+1. The molecule has 1 unspecified atom stereocenters. The molecule has 0 fully saturated rings. The zero-order valence-electron chi connectivity index (χ0n) is 16.3. The van der Waals surface area contributed by atoms with Crippen molar-refractivity contribution in [3.63, 3.8) is 0 Å². The second kappa shape index (κ2) is 13.6. The van der Waals surface area contributed by atoms with Crippen molar-refractivity contribution in [3.05, 3.63) is 12.4 Å². The van der Waals surface area contributed by atoms with Crippen LogP contribution in [0.25, 0.3) is 0 Å². The van der Waals surface area contributed by atoms with Crippen LogP contribution < -0.4 is 0 Å². The van der Waals surface area contributed by atoms with Crippen molar-refractivity contribution in [1.29, 1.82) is 0 Å². The highest BCUT2D eigenvalue weighted by Crippen LogP contribution is 2.22. The van der Waals surface area contributed by atoms with E-state index >= 15 is 0 Å². The molecule has 0 radical (unpaired) electrons. The average molecular weight is 338 g/mol. The van der Waals surface area contributed by atoms with Gasteiger partial charge in [0.05, 0.1) is 19.4 Å². The fraction of sp³-hybridized carbons (Fsp3) is 0.857. The zero-order chi connectivity index (χ0) is 17.5. The first-order valence-corrected chi connectivity index (χ1v) is 10.5. The quantitative estimate of drug-likeness (QED) is 0.280. The van der Waals surface area contributed by atoms with E-state index in [9.17, 15) is 5.11 Å². The Bertz CT molecular complexity index is 365. The Morgan fingerprint density at radius 2 is 1.38 bits per heavy atom. The van der Waals surface area contributed by atoms with Gasteiger partial charge >= 0.3 is 0 Å². The minimum Gasteiger partial charge on any atom is -0.390 e. The molecule has 24 heavy (non-hydrogen) atoms. The molecular formula is C21H41N2O+. The van der Waals surface area contributed by atoms with E-state index in [0.717, 1.165) is 24.0 Å². The Morgan fingerprint density at radius 3 is 1.96 bits per heavy atom. The molecule has 3 heteroatoms. The number of amidine groups is 1. The SMILES string of the molecule is CCCCCCCCCCCCC1=NC=C[N+]1(CCO)CCCC. The monoisotopic (exact) mass is 337 g/mol. The van der Waals surface area contributed by atoms with Gasteiger partial charge in [-0.3, -0.25) is 0 Å². The Balaban J connectivity index is 2.15. The topological polar surface area (TPSA) is 32.6 Å². The maximum atomic E-state index is 9.45. The van der Waals surface area contributed by atoms with Crippen molar-refractivity contribution in [3.8, 4) is 0 Å². The predicted octanol–water partition coefficient (Wildman–Crippen LogP) is 5.79. The van der Waals surface area contributed by atoms with Crippen LogP contribution in [-0.2, 0) is 0 Å². The molecule has 0 aliphatic carbocycles. The lowest BCUT2D eigenvalue weighted by Gasteiger charge is -2.32. The molecule has 0 spiro atoms. The van der Waals surface area contributed by atoms with Gasteiger partial charge in [-0.2, -0.15) is 0 Å². The minimum absolute atomic E-state index is 0.241. The van der Waals surface area contributed by atoms with Crippen molar-refractivity contribution in [2.45, 2.75) is 97.3 Å². The van der Waals surface area contributed by atoms with Crippen molar-refractivity contribution >= 4 is 5.84 Å². The molecule has 1 heterocycles. The molecule has 0 aromatic heterocycles.